The predicted molar refractivity (Wildman–Crippen MR) is 106 cm³/mol. The van der Waals surface area contributed by atoms with Crippen LogP contribution in [0.5, 0.6) is 0 Å². The van der Waals surface area contributed by atoms with Crippen molar-refractivity contribution in [2.75, 3.05) is 11.6 Å². The Bertz CT molecular complexity index is 1250. The molecule has 11 nitrogen and oxygen atoms in total. The van der Waals surface area contributed by atoms with Gasteiger partial charge in [0, 0.05) is 35.2 Å². The molecule has 12 heteroatoms. The number of carbonyl (C=O) groups excluding carboxylic acids is 1. The first kappa shape index (κ1) is 19.6. The zero-order chi connectivity index (χ0) is 21.5. The minimum absolute atomic E-state index is 0.133. The SMILES string of the molecule is CS(=O)(=O)c1cc(C(=O)Nc2ccc(-c3nnnn3C3CC3)cc2)cc([N+](=O)[O-])c1. The first-order valence-electron chi connectivity index (χ1n) is 8.91. The number of hydrogen-bond acceptors (Lipinski definition) is 8. The molecule has 0 bridgehead atoms. The summed E-state index contributed by atoms with van der Waals surface area (Å²) in [5.74, 6) is -0.0361. The summed E-state index contributed by atoms with van der Waals surface area (Å²) in [6, 6.07) is 10.2. The third-order valence-corrected chi connectivity index (χ3v) is 5.67. The molecule has 0 spiro atoms. The van der Waals surface area contributed by atoms with E-state index in [1.807, 2.05) is 0 Å². The summed E-state index contributed by atoms with van der Waals surface area (Å²) in [6.45, 7) is 0. The van der Waals surface area contributed by atoms with Crippen molar-refractivity contribution in [1.82, 2.24) is 20.2 Å². The second kappa shape index (κ2) is 7.30. The molecule has 0 saturated heterocycles. The molecule has 0 unspecified atom stereocenters. The molecular formula is C18H16N6O5S. The van der Waals surface area contributed by atoms with E-state index < -0.39 is 26.4 Å². The lowest BCUT2D eigenvalue weighted by molar-refractivity contribution is -0.385. The van der Waals surface area contributed by atoms with Crippen LogP contribution in [0.15, 0.2) is 47.4 Å². The van der Waals surface area contributed by atoms with Crippen LogP contribution in [0.3, 0.4) is 0 Å². The number of tetrazole rings is 1. The van der Waals surface area contributed by atoms with Crippen molar-refractivity contribution in [3.8, 4) is 11.4 Å². The second-order valence-corrected chi connectivity index (χ2v) is 8.97. The number of hydrogen-bond donors (Lipinski definition) is 1. The molecule has 1 aliphatic rings. The highest BCUT2D eigenvalue weighted by atomic mass is 32.2. The maximum absolute atomic E-state index is 12.6. The Morgan fingerprint density at radius 1 is 1.20 bits per heavy atom. The Kier molecular flexibility index (Phi) is 4.78. The Hall–Kier alpha value is -3.67. The first-order valence-corrected chi connectivity index (χ1v) is 10.8. The van der Waals surface area contributed by atoms with Gasteiger partial charge in [0.05, 0.1) is 15.9 Å². The number of non-ortho nitro benzene ring substituents is 1. The molecule has 1 amide bonds. The van der Waals surface area contributed by atoms with E-state index in [2.05, 4.69) is 20.8 Å². The van der Waals surface area contributed by atoms with Gasteiger partial charge in [-0.05, 0) is 53.6 Å². The van der Waals surface area contributed by atoms with Crippen LogP contribution in [0.4, 0.5) is 11.4 Å². The molecule has 1 saturated carbocycles. The fraction of sp³-hybridized carbons (Fsp3) is 0.222. The molecular weight excluding hydrogens is 412 g/mol. The number of benzene rings is 2. The average molecular weight is 428 g/mol. The maximum Gasteiger partial charge on any atom is 0.271 e. The fourth-order valence-corrected chi connectivity index (χ4v) is 3.56. The Morgan fingerprint density at radius 3 is 2.50 bits per heavy atom. The molecule has 0 aliphatic heterocycles. The lowest BCUT2D eigenvalue weighted by Gasteiger charge is -2.08. The highest BCUT2D eigenvalue weighted by Gasteiger charge is 2.28. The van der Waals surface area contributed by atoms with Gasteiger partial charge in [0.25, 0.3) is 11.6 Å². The van der Waals surface area contributed by atoms with Crippen LogP contribution < -0.4 is 5.32 Å². The minimum atomic E-state index is -3.73. The van der Waals surface area contributed by atoms with Crippen molar-refractivity contribution in [2.45, 2.75) is 23.8 Å². The molecule has 2 aromatic carbocycles. The Morgan fingerprint density at radius 2 is 1.90 bits per heavy atom. The number of nitro benzene ring substituents is 1. The smallest absolute Gasteiger partial charge is 0.271 e. The van der Waals surface area contributed by atoms with Crippen molar-refractivity contribution in [1.29, 1.82) is 0 Å². The highest BCUT2D eigenvalue weighted by Crippen LogP contribution is 2.36. The topological polar surface area (TPSA) is 150 Å². The van der Waals surface area contributed by atoms with E-state index in [1.54, 1.807) is 28.9 Å². The number of nitrogens with zero attached hydrogens (tertiary/aromatic N) is 5. The molecule has 30 heavy (non-hydrogen) atoms. The molecule has 1 aliphatic carbocycles. The van der Waals surface area contributed by atoms with Crippen LogP contribution in [0, 0.1) is 10.1 Å². The van der Waals surface area contributed by atoms with E-state index in [0.29, 0.717) is 17.6 Å². The van der Waals surface area contributed by atoms with Gasteiger partial charge in [-0.15, -0.1) is 5.10 Å². The average Bonchev–Trinajstić information content (AvgIpc) is 3.44. The van der Waals surface area contributed by atoms with Gasteiger partial charge in [0.15, 0.2) is 15.7 Å². The van der Waals surface area contributed by atoms with Crippen LogP contribution in [0.25, 0.3) is 11.4 Å². The number of nitrogens with one attached hydrogen (secondary N) is 1. The number of nitro groups is 1. The fourth-order valence-electron chi connectivity index (χ4n) is 2.89. The monoisotopic (exact) mass is 428 g/mol. The maximum atomic E-state index is 12.6. The predicted octanol–water partition coefficient (Wildman–Crippen LogP) is 2.24. The molecule has 1 aromatic heterocycles. The van der Waals surface area contributed by atoms with E-state index in [1.165, 1.54) is 0 Å². The van der Waals surface area contributed by atoms with Crippen LogP contribution >= 0.6 is 0 Å². The van der Waals surface area contributed by atoms with Crippen molar-refractivity contribution >= 4 is 27.1 Å². The van der Waals surface area contributed by atoms with Gasteiger partial charge < -0.3 is 5.32 Å². The van der Waals surface area contributed by atoms with Crippen molar-refractivity contribution < 1.29 is 18.1 Å². The van der Waals surface area contributed by atoms with Gasteiger partial charge in [0.1, 0.15) is 0 Å². The second-order valence-electron chi connectivity index (χ2n) is 6.95. The van der Waals surface area contributed by atoms with Crippen molar-refractivity contribution in [2.24, 2.45) is 0 Å². The molecule has 154 valence electrons. The quantitative estimate of drug-likeness (QED) is 0.464. The van der Waals surface area contributed by atoms with Gasteiger partial charge in [-0.25, -0.2) is 13.1 Å². The zero-order valence-corrected chi connectivity index (χ0v) is 16.5. The molecule has 0 radical (unpaired) electrons. The van der Waals surface area contributed by atoms with E-state index >= 15 is 0 Å². The molecule has 3 aromatic rings. The first-order chi connectivity index (χ1) is 14.2. The summed E-state index contributed by atoms with van der Waals surface area (Å²) < 4.78 is 25.4. The summed E-state index contributed by atoms with van der Waals surface area (Å²) in [5.41, 5.74) is 0.595. The molecule has 4 rings (SSSR count). The molecule has 0 atom stereocenters. The van der Waals surface area contributed by atoms with Crippen LogP contribution in [0.1, 0.15) is 29.2 Å². The molecule has 1 heterocycles. The highest BCUT2D eigenvalue weighted by molar-refractivity contribution is 7.90. The van der Waals surface area contributed by atoms with Gasteiger partial charge >= 0.3 is 0 Å². The summed E-state index contributed by atoms with van der Waals surface area (Å²) in [6.07, 6.45) is 2.98. The summed E-state index contributed by atoms with van der Waals surface area (Å²) in [5, 5.41) is 25.5. The molecule has 1 fully saturated rings. The normalized spacial score (nSPS) is 13.8. The lowest BCUT2D eigenvalue weighted by atomic mass is 10.1. The van der Waals surface area contributed by atoms with Crippen LogP contribution in [0.2, 0.25) is 0 Å². The number of rotatable bonds is 6. The van der Waals surface area contributed by atoms with E-state index in [4.69, 9.17) is 0 Å². The van der Waals surface area contributed by atoms with E-state index in [-0.39, 0.29) is 10.5 Å². The van der Waals surface area contributed by atoms with Gasteiger partial charge in [-0.2, -0.15) is 0 Å². The third-order valence-electron chi connectivity index (χ3n) is 4.58. The van der Waals surface area contributed by atoms with Gasteiger partial charge in [-0.1, -0.05) is 0 Å². The summed E-state index contributed by atoms with van der Waals surface area (Å²) in [7, 11) is -3.73. The van der Waals surface area contributed by atoms with E-state index in [9.17, 15) is 23.3 Å². The van der Waals surface area contributed by atoms with Gasteiger partial charge in [0.2, 0.25) is 0 Å². The van der Waals surface area contributed by atoms with Crippen molar-refractivity contribution in [3.05, 3.63) is 58.1 Å². The minimum Gasteiger partial charge on any atom is -0.322 e. The standard InChI is InChI=1S/C18H16N6O5S/c1-30(28,29)16-9-12(8-15(10-16)24(26)27)18(25)19-13-4-2-11(3-5-13)17-20-21-22-23(17)14-6-7-14/h2-5,8-10,14H,6-7H2,1H3,(H,19,25). The molecule has 1 N–H and O–H groups in total. The number of anilines is 1. The third kappa shape index (κ3) is 4.03. The van der Waals surface area contributed by atoms with Crippen LogP contribution in [-0.4, -0.2) is 45.7 Å². The summed E-state index contributed by atoms with van der Waals surface area (Å²) in [4.78, 5) is 22.6. The largest absolute Gasteiger partial charge is 0.322 e. The van der Waals surface area contributed by atoms with Crippen LogP contribution in [-0.2, 0) is 9.84 Å². The zero-order valence-electron chi connectivity index (χ0n) is 15.7. The number of aromatic nitrogens is 4. The van der Waals surface area contributed by atoms with E-state index in [0.717, 1.165) is 42.9 Å². The number of amides is 1. The number of sulfone groups is 1. The Balaban J connectivity index is 1.57. The number of carbonyl (C=O) groups is 1. The Labute approximate surface area is 170 Å². The van der Waals surface area contributed by atoms with Crippen molar-refractivity contribution in [3.63, 3.8) is 0 Å². The lowest BCUT2D eigenvalue weighted by Crippen LogP contribution is -2.13. The van der Waals surface area contributed by atoms with Gasteiger partial charge in [-0.3, -0.25) is 14.9 Å². The summed E-state index contributed by atoms with van der Waals surface area (Å²) >= 11 is 0.